The van der Waals surface area contributed by atoms with E-state index in [9.17, 15) is 0 Å². The Hall–Kier alpha value is -0.830. The Kier molecular flexibility index (Phi) is 2.83. The average molecular weight is 268 g/mol. The molecule has 0 unspecified atom stereocenters. The second-order valence-corrected chi connectivity index (χ2v) is 4.69. The Bertz CT molecular complexity index is 502. The molecule has 2 aromatic rings. The van der Waals surface area contributed by atoms with Gasteiger partial charge < -0.3 is 4.42 Å². The number of oxazole rings is 1. The molecule has 2 nitrogen and oxygen atoms in total. The van der Waals surface area contributed by atoms with Gasteiger partial charge in [-0.05, 0) is 37.5 Å². The van der Waals surface area contributed by atoms with E-state index in [2.05, 4.69) is 40.8 Å². The topological polar surface area (TPSA) is 26.0 Å². The predicted octanol–water partition coefficient (Wildman–Crippen LogP) is 4.16. The molecular weight excluding hydrogens is 254 g/mol. The number of fused-ring (bicyclic) bond motifs is 1. The molecule has 0 saturated heterocycles. The largest absolute Gasteiger partial charge is 0.440 e. The molecule has 3 heteroatoms. The van der Waals surface area contributed by atoms with Crippen LogP contribution in [0.3, 0.4) is 0 Å². The van der Waals surface area contributed by atoms with Gasteiger partial charge in [-0.25, -0.2) is 4.98 Å². The highest BCUT2D eigenvalue weighted by Gasteiger charge is 2.12. The highest BCUT2D eigenvalue weighted by atomic mass is 79.9. The summed E-state index contributed by atoms with van der Waals surface area (Å²) in [6.07, 6.45) is 1.97. The summed E-state index contributed by atoms with van der Waals surface area (Å²) < 4.78 is 6.84. The van der Waals surface area contributed by atoms with Crippen LogP contribution < -0.4 is 0 Å². The fraction of sp³-hybridized carbons (Fsp3) is 0.417. The Balaban J connectivity index is 2.68. The van der Waals surface area contributed by atoms with Gasteiger partial charge in [-0.2, -0.15) is 0 Å². The minimum absolute atomic E-state index is 0.844. The quantitative estimate of drug-likeness (QED) is 0.817. The molecule has 0 saturated carbocycles. The van der Waals surface area contributed by atoms with E-state index in [0.717, 1.165) is 45.4 Å². The molecule has 0 aliphatic rings. The molecule has 1 aromatic heterocycles. The number of hydrogen-bond acceptors (Lipinski definition) is 2. The van der Waals surface area contributed by atoms with Gasteiger partial charge in [0, 0.05) is 10.9 Å². The van der Waals surface area contributed by atoms with Crippen molar-refractivity contribution in [2.75, 3.05) is 0 Å². The average Bonchev–Trinajstić information content (AvgIpc) is 2.60. The van der Waals surface area contributed by atoms with Crippen LogP contribution in [0.25, 0.3) is 11.1 Å². The first-order valence-corrected chi connectivity index (χ1v) is 5.98. The summed E-state index contributed by atoms with van der Waals surface area (Å²) in [5.41, 5.74) is 4.21. The fourth-order valence-corrected chi connectivity index (χ4v) is 2.21. The molecule has 0 aliphatic carbocycles. The maximum absolute atomic E-state index is 5.74. The second-order valence-electron chi connectivity index (χ2n) is 3.84. The summed E-state index contributed by atoms with van der Waals surface area (Å²) in [7, 11) is 0. The lowest BCUT2D eigenvalue weighted by atomic mass is 10.1. The number of benzene rings is 1. The maximum atomic E-state index is 5.74. The molecule has 1 heterocycles. The zero-order valence-electron chi connectivity index (χ0n) is 9.22. The van der Waals surface area contributed by atoms with E-state index < -0.39 is 0 Å². The summed E-state index contributed by atoms with van der Waals surface area (Å²) in [4.78, 5) is 4.53. The first-order valence-electron chi connectivity index (χ1n) is 5.18. The molecule has 0 atom stereocenters. The summed E-state index contributed by atoms with van der Waals surface area (Å²) in [6.45, 7) is 6.24. The minimum Gasteiger partial charge on any atom is -0.440 e. The van der Waals surface area contributed by atoms with Gasteiger partial charge in [0.15, 0.2) is 11.5 Å². The Morgan fingerprint density at radius 2 is 2.13 bits per heavy atom. The normalized spacial score (nSPS) is 11.2. The smallest absolute Gasteiger partial charge is 0.195 e. The molecule has 0 bridgehead atoms. The van der Waals surface area contributed by atoms with Crippen molar-refractivity contribution >= 4 is 27.0 Å². The first-order chi connectivity index (χ1) is 7.13. The molecule has 0 amide bonds. The van der Waals surface area contributed by atoms with Crippen molar-refractivity contribution in [3.63, 3.8) is 0 Å². The number of nitrogens with zero attached hydrogens (tertiary/aromatic N) is 1. The van der Waals surface area contributed by atoms with Crippen LogP contribution in [-0.2, 0) is 6.42 Å². The van der Waals surface area contributed by atoms with E-state index >= 15 is 0 Å². The van der Waals surface area contributed by atoms with Gasteiger partial charge >= 0.3 is 0 Å². The molecule has 0 radical (unpaired) electrons. The molecule has 80 valence electrons. The lowest BCUT2D eigenvalue weighted by molar-refractivity contribution is 0.524. The Morgan fingerprint density at radius 3 is 2.80 bits per heavy atom. The van der Waals surface area contributed by atoms with Crippen LogP contribution in [0, 0.1) is 13.8 Å². The van der Waals surface area contributed by atoms with E-state index in [-0.39, 0.29) is 0 Å². The van der Waals surface area contributed by atoms with E-state index in [0.29, 0.717) is 0 Å². The highest BCUT2D eigenvalue weighted by Crippen LogP contribution is 2.29. The third-order valence-electron chi connectivity index (χ3n) is 2.55. The van der Waals surface area contributed by atoms with E-state index in [4.69, 9.17) is 4.42 Å². The number of aryl methyl sites for hydroxylation is 3. The van der Waals surface area contributed by atoms with Crippen LogP contribution in [-0.4, -0.2) is 4.98 Å². The third kappa shape index (κ3) is 1.81. The minimum atomic E-state index is 0.844. The highest BCUT2D eigenvalue weighted by molar-refractivity contribution is 9.10. The molecule has 0 fully saturated rings. The van der Waals surface area contributed by atoms with Gasteiger partial charge in [0.2, 0.25) is 0 Å². The van der Waals surface area contributed by atoms with E-state index in [1.807, 2.05) is 6.92 Å². The zero-order valence-corrected chi connectivity index (χ0v) is 10.8. The zero-order chi connectivity index (χ0) is 11.0. The summed E-state index contributed by atoms with van der Waals surface area (Å²) in [5.74, 6) is 0.844. The standard InChI is InChI=1S/C12H14BrNO/c1-4-5-10-14-11-8(3)9(13)6-7(2)12(11)15-10/h6H,4-5H2,1-3H3. The van der Waals surface area contributed by atoms with Crippen LogP contribution in [0.15, 0.2) is 15.0 Å². The third-order valence-corrected chi connectivity index (χ3v) is 3.37. The van der Waals surface area contributed by atoms with Crippen LogP contribution in [0.2, 0.25) is 0 Å². The molecule has 0 aliphatic heterocycles. The van der Waals surface area contributed by atoms with Gasteiger partial charge in [0.25, 0.3) is 0 Å². The van der Waals surface area contributed by atoms with Crippen LogP contribution >= 0.6 is 15.9 Å². The van der Waals surface area contributed by atoms with Gasteiger partial charge in [-0.3, -0.25) is 0 Å². The second kappa shape index (κ2) is 3.97. The lowest BCUT2D eigenvalue weighted by Crippen LogP contribution is -1.83. The van der Waals surface area contributed by atoms with Crippen molar-refractivity contribution in [3.8, 4) is 0 Å². The van der Waals surface area contributed by atoms with Gasteiger partial charge in [-0.15, -0.1) is 0 Å². The Morgan fingerprint density at radius 1 is 1.40 bits per heavy atom. The van der Waals surface area contributed by atoms with Crippen LogP contribution in [0.5, 0.6) is 0 Å². The molecule has 1 aromatic carbocycles. The van der Waals surface area contributed by atoms with Crippen LogP contribution in [0.4, 0.5) is 0 Å². The van der Waals surface area contributed by atoms with E-state index in [1.54, 1.807) is 0 Å². The lowest BCUT2D eigenvalue weighted by Gasteiger charge is -2.00. The monoisotopic (exact) mass is 267 g/mol. The molecule has 0 N–H and O–H groups in total. The number of halogens is 1. The van der Waals surface area contributed by atoms with E-state index in [1.165, 1.54) is 0 Å². The summed E-state index contributed by atoms with van der Waals surface area (Å²) >= 11 is 3.53. The summed E-state index contributed by atoms with van der Waals surface area (Å²) in [6, 6.07) is 2.08. The van der Waals surface area contributed by atoms with Crippen molar-refractivity contribution in [1.29, 1.82) is 0 Å². The number of rotatable bonds is 2. The number of hydrogen-bond donors (Lipinski definition) is 0. The van der Waals surface area contributed by atoms with Crippen molar-refractivity contribution in [3.05, 3.63) is 27.6 Å². The predicted molar refractivity (Wildman–Crippen MR) is 65.2 cm³/mol. The maximum Gasteiger partial charge on any atom is 0.195 e. The first kappa shape index (κ1) is 10.7. The molecular formula is C12H14BrNO. The molecule has 0 spiro atoms. The fourth-order valence-electron chi connectivity index (χ4n) is 1.68. The van der Waals surface area contributed by atoms with Gasteiger partial charge in [0.1, 0.15) is 5.52 Å². The van der Waals surface area contributed by atoms with Gasteiger partial charge in [-0.1, -0.05) is 22.9 Å². The van der Waals surface area contributed by atoms with Crippen molar-refractivity contribution < 1.29 is 4.42 Å². The number of aromatic nitrogens is 1. The van der Waals surface area contributed by atoms with Crippen molar-refractivity contribution in [2.24, 2.45) is 0 Å². The summed E-state index contributed by atoms with van der Waals surface area (Å²) in [5, 5.41) is 0. The van der Waals surface area contributed by atoms with Crippen molar-refractivity contribution in [2.45, 2.75) is 33.6 Å². The molecule has 15 heavy (non-hydrogen) atoms. The SMILES string of the molecule is CCCc1nc2c(C)c(Br)cc(C)c2o1. The van der Waals surface area contributed by atoms with Crippen molar-refractivity contribution in [1.82, 2.24) is 4.98 Å². The van der Waals surface area contributed by atoms with Gasteiger partial charge in [0.05, 0.1) is 0 Å². The van der Waals surface area contributed by atoms with Crippen LogP contribution in [0.1, 0.15) is 30.4 Å². The Labute approximate surface area is 97.8 Å². The molecule has 2 rings (SSSR count).